The van der Waals surface area contributed by atoms with E-state index in [2.05, 4.69) is 20.6 Å². The molecule has 3 amide bonds. The number of nitrogens with one attached hydrogen (secondary N) is 3. The van der Waals surface area contributed by atoms with E-state index in [0.29, 0.717) is 23.6 Å². The number of hydrogen-bond donors (Lipinski definition) is 3. The van der Waals surface area contributed by atoms with Gasteiger partial charge in [0.05, 0.1) is 6.54 Å². The zero-order valence-corrected chi connectivity index (χ0v) is 15.3. The molecule has 0 bridgehead atoms. The van der Waals surface area contributed by atoms with Crippen LogP contribution in [-0.2, 0) is 6.54 Å². The van der Waals surface area contributed by atoms with Crippen LogP contribution in [0.1, 0.15) is 42.5 Å². The fraction of sp³-hybridized carbons (Fsp3) is 0.389. The van der Waals surface area contributed by atoms with Gasteiger partial charge in [-0.2, -0.15) is 0 Å². The normalized spacial score (nSPS) is 11.1. The van der Waals surface area contributed by atoms with Crippen molar-refractivity contribution in [3.05, 3.63) is 47.5 Å². The van der Waals surface area contributed by atoms with E-state index in [1.165, 1.54) is 4.90 Å². The summed E-state index contributed by atoms with van der Waals surface area (Å²) < 4.78 is 0. The number of carbonyl (C=O) groups is 2. The second kappa shape index (κ2) is 7.38. The lowest BCUT2D eigenvalue weighted by atomic mass is 10.0. The van der Waals surface area contributed by atoms with Crippen LogP contribution in [0.3, 0.4) is 0 Å². The maximum Gasteiger partial charge on any atom is 0.321 e. The van der Waals surface area contributed by atoms with Gasteiger partial charge in [-0.1, -0.05) is 6.07 Å². The first kappa shape index (κ1) is 18.5. The Hall–Kier alpha value is -2.83. The van der Waals surface area contributed by atoms with Gasteiger partial charge in [0.25, 0.3) is 5.91 Å². The molecule has 2 aromatic rings. The Labute approximate surface area is 147 Å². The van der Waals surface area contributed by atoms with Crippen LogP contribution in [0.5, 0.6) is 0 Å². The fourth-order valence-corrected chi connectivity index (χ4v) is 2.32. The number of H-pyrrole nitrogens is 1. The van der Waals surface area contributed by atoms with Gasteiger partial charge >= 0.3 is 6.03 Å². The Morgan fingerprint density at radius 3 is 2.60 bits per heavy atom. The molecule has 0 spiro atoms. The van der Waals surface area contributed by atoms with Gasteiger partial charge in [-0.05, 0) is 45.4 Å². The van der Waals surface area contributed by atoms with Gasteiger partial charge in [-0.25, -0.2) is 9.78 Å². The molecular weight excluding hydrogens is 318 g/mol. The van der Waals surface area contributed by atoms with Gasteiger partial charge in [-0.15, -0.1) is 0 Å². The summed E-state index contributed by atoms with van der Waals surface area (Å²) in [5.41, 5.74) is 1.55. The van der Waals surface area contributed by atoms with Crippen LogP contribution in [0, 0.1) is 6.92 Å². The van der Waals surface area contributed by atoms with Crippen molar-refractivity contribution in [2.24, 2.45) is 0 Å². The second-order valence-corrected chi connectivity index (χ2v) is 7.00. The Morgan fingerprint density at radius 2 is 2.00 bits per heavy atom. The van der Waals surface area contributed by atoms with Crippen molar-refractivity contribution < 1.29 is 9.59 Å². The molecule has 0 atom stereocenters. The van der Waals surface area contributed by atoms with Gasteiger partial charge in [0, 0.05) is 36.2 Å². The van der Waals surface area contributed by atoms with Crippen LogP contribution in [0.25, 0.3) is 0 Å². The molecule has 0 fully saturated rings. The average Bonchev–Trinajstić information content (AvgIpc) is 3.00. The summed E-state index contributed by atoms with van der Waals surface area (Å²) >= 11 is 0. The molecule has 0 radical (unpaired) electrons. The summed E-state index contributed by atoms with van der Waals surface area (Å²) in [7, 11) is 1.68. The molecule has 0 saturated heterocycles. The van der Waals surface area contributed by atoms with Crippen molar-refractivity contribution in [3.63, 3.8) is 0 Å². The largest absolute Gasteiger partial charge is 0.347 e. The zero-order chi connectivity index (χ0) is 18.6. The summed E-state index contributed by atoms with van der Waals surface area (Å²) in [5.74, 6) is 0.540. The third-order valence-electron chi connectivity index (χ3n) is 3.60. The van der Waals surface area contributed by atoms with Gasteiger partial charge in [0.2, 0.25) is 0 Å². The highest BCUT2D eigenvalue weighted by Crippen LogP contribution is 2.20. The van der Waals surface area contributed by atoms with Gasteiger partial charge in [0.1, 0.15) is 5.82 Å². The summed E-state index contributed by atoms with van der Waals surface area (Å²) in [5, 5.41) is 5.78. The Morgan fingerprint density at radius 1 is 1.28 bits per heavy atom. The standard InChI is InChI=1S/C18H25N5O2/c1-12-13(16(24)22-18(2,3)4)7-6-8-14(12)21-17(25)23(5)11-15-19-9-10-20-15/h6-10H,11H2,1-5H3,(H,19,20)(H,21,25)(H,22,24). The number of urea groups is 1. The number of benzene rings is 1. The Kier molecular flexibility index (Phi) is 5.46. The molecule has 0 aliphatic rings. The maximum absolute atomic E-state index is 12.4. The van der Waals surface area contributed by atoms with Gasteiger partial charge in [0.15, 0.2) is 0 Å². The highest BCUT2D eigenvalue weighted by molar-refractivity contribution is 5.99. The molecule has 0 aliphatic heterocycles. The molecule has 134 valence electrons. The van der Waals surface area contributed by atoms with Crippen molar-refractivity contribution >= 4 is 17.6 Å². The first-order valence-electron chi connectivity index (χ1n) is 8.10. The number of nitrogens with zero attached hydrogens (tertiary/aromatic N) is 2. The molecule has 0 saturated carbocycles. The third kappa shape index (κ3) is 5.07. The number of hydrogen-bond acceptors (Lipinski definition) is 3. The number of anilines is 1. The fourth-order valence-electron chi connectivity index (χ4n) is 2.32. The number of carbonyl (C=O) groups excluding carboxylic acids is 2. The minimum atomic E-state index is -0.327. The highest BCUT2D eigenvalue weighted by Gasteiger charge is 2.19. The highest BCUT2D eigenvalue weighted by atomic mass is 16.2. The van der Waals surface area contributed by atoms with Crippen molar-refractivity contribution in [2.75, 3.05) is 12.4 Å². The number of imidazole rings is 1. The lowest BCUT2D eigenvalue weighted by Gasteiger charge is -2.22. The summed E-state index contributed by atoms with van der Waals surface area (Å²) in [4.78, 5) is 33.4. The molecule has 0 aliphatic carbocycles. The van der Waals surface area contributed by atoms with E-state index in [1.54, 1.807) is 37.6 Å². The molecule has 1 heterocycles. The predicted octanol–water partition coefficient (Wildman–Crippen LogP) is 2.91. The first-order chi connectivity index (χ1) is 11.7. The lowest BCUT2D eigenvalue weighted by Crippen LogP contribution is -2.41. The molecule has 1 aromatic carbocycles. The second-order valence-electron chi connectivity index (χ2n) is 7.00. The molecule has 0 unspecified atom stereocenters. The van der Waals surface area contributed by atoms with Crippen LogP contribution >= 0.6 is 0 Å². The van der Waals surface area contributed by atoms with E-state index in [9.17, 15) is 9.59 Å². The van der Waals surface area contributed by atoms with Gasteiger partial charge in [-0.3, -0.25) is 4.79 Å². The average molecular weight is 343 g/mol. The Balaban J connectivity index is 2.10. The zero-order valence-electron chi connectivity index (χ0n) is 15.3. The van der Waals surface area contributed by atoms with Crippen LogP contribution in [0.4, 0.5) is 10.5 Å². The molecule has 25 heavy (non-hydrogen) atoms. The maximum atomic E-state index is 12.4. The van der Waals surface area contributed by atoms with E-state index in [1.807, 2.05) is 27.7 Å². The summed E-state index contributed by atoms with van der Waals surface area (Å²) in [6.07, 6.45) is 3.35. The first-order valence-corrected chi connectivity index (χ1v) is 8.10. The molecular formula is C18H25N5O2. The summed E-state index contributed by atoms with van der Waals surface area (Å²) in [6.45, 7) is 7.96. The van der Waals surface area contributed by atoms with E-state index in [-0.39, 0.29) is 17.5 Å². The predicted molar refractivity (Wildman–Crippen MR) is 97.5 cm³/mol. The van der Waals surface area contributed by atoms with Gasteiger partial charge < -0.3 is 20.5 Å². The van der Waals surface area contributed by atoms with E-state index < -0.39 is 0 Å². The van der Waals surface area contributed by atoms with Crippen LogP contribution in [0.2, 0.25) is 0 Å². The smallest absolute Gasteiger partial charge is 0.321 e. The van der Waals surface area contributed by atoms with Crippen LogP contribution in [0.15, 0.2) is 30.6 Å². The van der Waals surface area contributed by atoms with Crippen LogP contribution < -0.4 is 10.6 Å². The number of amides is 3. The molecule has 7 heteroatoms. The minimum absolute atomic E-state index is 0.162. The SMILES string of the molecule is Cc1c(NC(=O)N(C)Cc2ncc[nH]2)cccc1C(=O)NC(C)(C)C. The van der Waals surface area contributed by atoms with E-state index in [0.717, 1.165) is 5.56 Å². The van der Waals surface area contributed by atoms with Crippen molar-refractivity contribution in [2.45, 2.75) is 39.8 Å². The lowest BCUT2D eigenvalue weighted by molar-refractivity contribution is 0.0919. The number of aromatic nitrogens is 2. The monoisotopic (exact) mass is 343 g/mol. The Bertz CT molecular complexity index is 747. The van der Waals surface area contributed by atoms with Crippen molar-refractivity contribution in [1.82, 2.24) is 20.2 Å². The third-order valence-corrected chi connectivity index (χ3v) is 3.60. The molecule has 1 aromatic heterocycles. The van der Waals surface area contributed by atoms with Crippen molar-refractivity contribution in [3.8, 4) is 0 Å². The number of aromatic amines is 1. The quantitative estimate of drug-likeness (QED) is 0.797. The molecule has 7 nitrogen and oxygen atoms in total. The topological polar surface area (TPSA) is 90.1 Å². The molecule has 2 rings (SSSR count). The van der Waals surface area contributed by atoms with Crippen LogP contribution in [-0.4, -0.2) is 39.4 Å². The molecule has 3 N–H and O–H groups in total. The van der Waals surface area contributed by atoms with Crippen molar-refractivity contribution in [1.29, 1.82) is 0 Å². The minimum Gasteiger partial charge on any atom is -0.347 e. The van der Waals surface area contributed by atoms with E-state index in [4.69, 9.17) is 0 Å². The summed E-state index contributed by atoms with van der Waals surface area (Å²) in [6, 6.07) is 5.01. The number of rotatable bonds is 4. The van der Waals surface area contributed by atoms with E-state index >= 15 is 0 Å².